The Bertz CT molecular complexity index is 1260. The quantitative estimate of drug-likeness (QED) is 0.398. The third-order valence-electron chi connectivity index (χ3n) is 4.50. The summed E-state index contributed by atoms with van der Waals surface area (Å²) < 4.78 is 55.3. The highest BCUT2D eigenvalue weighted by Crippen LogP contribution is 2.32. The predicted molar refractivity (Wildman–Crippen MR) is 123 cm³/mol. The fourth-order valence-electron chi connectivity index (χ4n) is 2.95. The third-order valence-corrected chi connectivity index (χ3v) is 6.75. The van der Waals surface area contributed by atoms with E-state index in [0.29, 0.717) is 6.08 Å². The van der Waals surface area contributed by atoms with Gasteiger partial charge in [-0.1, -0.05) is 36.9 Å². The van der Waals surface area contributed by atoms with E-state index in [1.54, 1.807) is 41.8 Å². The van der Waals surface area contributed by atoms with E-state index < -0.39 is 26.6 Å². The van der Waals surface area contributed by atoms with Gasteiger partial charge in [-0.3, -0.25) is 4.72 Å². The molecule has 0 radical (unpaired) electrons. The largest absolute Gasteiger partial charge is 0.279 e. The summed E-state index contributed by atoms with van der Waals surface area (Å²) in [4.78, 5) is 3.25. The molecular formula is C23H20F2N2O2S2. The number of aromatic nitrogens is 1. The van der Waals surface area contributed by atoms with E-state index >= 15 is 0 Å². The zero-order valence-electron chi connectivity index (χ0n) is 16.9. The lowest BCUT2D eigenvalue weighted by molar-refractivity contribution is 0.588. The van der Waals surface area contributed by atoms with Crippen molar-refractivity contribution in [1.82, 2.24) is 4.98 Å². The summed E-state index contributed by atoms with van der Waals surface area (Å²) in [5.41, 5.74) is 4.04. The number of hydrogen-bond acceptors (Lipinski definition) is 4. The number of rotatable bonds is 7. The number of halogens is 2. The number of benzene rings is 2. The molecule has 1 aromatic heterocycles. The Balaban J connectivity index is 1.92. The maximum atomic E-state index is 14.0. The van der Waals surface area contributed by atoms with Crippen molar-refractivity contribution in [3.05, 3.63) is 94.9 Å². The minimum Gasteiger partial charge on any atom is -0.279 e. The second kappa shape index (κ2) is 9.36. The van der Waals surface area contributed by atoms with Crippen LogP contribution in [0.15, 0.2) is 89.3 Å². The van der Waals surface area contributed by atoms with Crippen molar-refractivity contribution in [1.29, 1.82) is 0 Å². The zero-order valence-corrected chi connectivity index (χ0v) is 18.5. The van der Waals surface area contributed by atoms with Gasteiger partial charge < -0.3 is 0 Å². The number of aryl methyl sites for hydroxylation is 1. The first kappa shape index (κ1) is 22.6. The van der Waals surface area contributed by atoms with Crippen molar-refractivity contribution in [2.45, 2.75) is 13.8 Å². The number of anilines is 1. The van der Waals surface area contributed by atoms with Gasteiger partial charge in [0.25, 0.3) is 10.0 Å². The summed E-state index contributed by atoms with van der Waals surface area (Å²) in [7, 11) is -4.49. The fraction of sp³-hybridized carbons (Fsp3) is 0.0870. The molecule has 0 saturated heterocycles. The molecule has 0 saturated carbocycles. The van der Waals surface area contributed by atoms with E-state index in [1.807, 2.05) is 30.5 Å². The lowest BCUT2D eigenvalue weighted by Crippen LogP contribution is -2.16. The lowest BCUT2D eigenvalue weighted by Gasteiger charge is -2.12. The van der Waals surface area contributed by atoms with Crippen LogP contribution in [0.1, 0.15) is 12.5 Å². The van der Waals surface area contributed by atoms with Crippen molar-refractivity contribution in [2.75, 3.05) is 4.72 Å². The van der Waals surface area contributed by atoms with Crippen LogP contribution in [0, 0.1) is 6.92 Å². The molecule has 2 aromatic carbocycles. The molecule has 0 fully saturated rings. The molecular weight excluding hydrogens is 438 g/mol. The molecule has 3 rings (SSSR count). The van der Waals surface area contributed by atoms with Gasteiger partial charge in [0.2, 0.25) is 0 Å². The maximum absolute atomic E-state index is 14.0. The summed E-state index contributed by atoms with van der Waals surface area (Å²) in [5.74, 6) is -2.47. The molecule has 4 nitrogen and oxygen atoms in total. The normalized spacial score (nSPS) is 13.0. The molecule has 3 aromatic rings. The van der Waals surface area contributed by atoms with E-state index in [1.165, 1.54) is 6.92 Å². The van der Waals surface area contributed by atoms with E-state index in [0.717, 1.165) is 33.3 Å². The summed E-state index contributed by atoms with van der Waals surface area (Å²) in [6.07, 6.45) is 3.27. The number of hydrogen-bond donors (Lipinski definition) is 1. The second-order valence-corrected chi connectivity index (χ2v) is 9.08. The van der Waals surface area contributed by atoms with E-state index in [9.17, 15) is 17.2 Å². The van der Waals surface area contributed by atoms with Crippen LogP contribution in [0.25, 0.3) is 21.7 Å². The van der Waals surface area contributed by atoms with Crippen molar-refractivity contribution < 1.29 is 17.2 Å². The average molecular weight is 459 g/mol. The first-order valence-electron chi connectivity index (χ1n) is 9.25. The molecule has 0 unspecified atom stereocenters. The topological polar surface area (TPSA) is 59.1 Å². The van der Waals surface area contributed by atoms with Crippen LogP contribution in [-0.4, -0.2) is 13.4 Å². The van der Waals surface area contributed by atoms with E-state index in [-0.39, 0.29) is 5.69 Å². The van der Waals surface area contributed by atoms with E-state index in [2.05, 4.69) is 16.3 Å². The number of nitrogens with one attached hydrogen (secondary N) is 1. The molecule has 1 N–H and O–H groups in total. The van der Waals surface area contributed by atoms with Gasteiger partial charge in [0.15, 0.2) is 4.91 Å². The molecule has 160 valence electrons. The Morgan fingerprint density at radius 3 is 2.39 bits per heavy atom. The van der Waals surface area contributed by atoms with Crippen molar-refractivity contribution >= 4 is 27.0 Å². The highest BCUT2D eigenvalue weighted by atomic mass is 32.2. The molecule has 8 heteroatoms. The molecule has 1 heterocycles. The number of thiazole rings is 1. The first-order valence-corrected chi connectivity index (χ1v) is 11.6. The minimum absolute atomic E-state index is 0.177. The van der Waals surface area contributed by atoms with Gasteiger partial charge in [0, 0.05) is 22.8 Å². The van der Waals surface area contributed by atoms with Crippen LogP contribution < -0.4 is 4.72 Å². The Hall–Kier alpha value is -3.10. The van der Waals surface area contributed by atoms with Crippen molar-refractivity contribution in [2.24, 2.45) is 0 Å². The van der Waals surface area contributed by atoms with Crippen LogP contribution in [-0.2, 0) is 10.0 Å². The van der Waals surface area contributed by atoms with Gasteiger partial charge in [-0.15, -0.1) is 11.3 Å². The van der Waals surface area contributed by atoms with Gasteiger partial charge in [0.1, 0.15) is 16.7 Å². The molecule has 0 aliphatic rings. The zero-order chi connectivity index (χ0) is 22.6. The van der Waals surface area contributed by atoms with Crippen molar-refractivity contribution in [3.63, 3.8) is 0 Å². The summed E-state index contributed by atoms with van der Waals surface area (Å²) in [5, 5.41) is 2.81. The first-order chi connectivity index (χ1) is 14.8. The monoisotopic (exact) mass is 458 g/mol. The van der Waals surface area contributed by atoms with Gasteiger partial charge >= 0.3 is 0 Å². The standard InChI is InChI=1S/C23H20F2N2O2S2/c1-4-20(24)22(21(25)5-2)31(28,29)27-18-10-8-16(9-11-18)19-14-17(7-6-15(19)3)23-26-12-13-30-23/h4-14,27H,1H2,2-3H3/b21-5+,22-20-. The molecule has 31 heavy (non-hydrogen) atoms. The Morgan fingerprint density at radius 1 is 1.13 bits per heavy atom. The number of allylic oxidation sites excluding steroid dienone is 4. The molecule has 0 aliphatic carbocycles. The molecule has 0 atom stereocenters. The van der Waals surface area contributed by atoms with Gasteiger partial charge in [-0.25, -0.2) is 22.2 Å². The van der Waals surface area contributed by atoms with Gasteiger partial charge in [0.05, 0.1) is 0 Å². The summed E-state index contributed by atoms with van der Waals surface area (Å²) in [6, 6.07) is 12.6. The van der Waals surface area contributed by atoms with Crippen LogP contribution in [0.5, 0.6) is 0 Å². The lowest BCUT2D eigenvalue weighted by atomic mass is 9.98. The van der Waals surface area contributed by atoms with Crippen LogP contribution in [0.2, 0.25) is 0 Å². The summed E-state index contributed by atoms with van der Waals surface area (Å²) >= 11 is 1.54. The highest BCUT2D eigenvalue weighted by molar-refractivity contribution is 7.96. The second-order valence-electron chi connectivity index (χ2n) is 6.57. The molecule has 0 amide bonds. The Kier molecular flexibility index (Phi) is 6.82. The molecule has 0 aliphatic heterocycles. The van der Waals surface area contributed by atoms with Gasteiger partial charge in [-0.05, 0) is 54.8 Å². The van der Waals surface area contributed by atoms with Crippen LogP contribution >= 0.6 is 11.3 Å². The smallest absolute Gasteiger partial charge is 0.267 e. The molecule has 0 bridgehead atoms. The fourth-order valence-corrected chi connectivity index (χ4v) is 4.85. The van der Waals surface area contributed by atoms with Crippen LogP contribution in [0.3, 0.4) is 0 Å². The SMILES string of the molecule is C=C/C(F)=C(\C(F)=C/C)S(=O)(=O)Nc1ccc(-c2cc(-c3nccs3)ccc2C)cc1. The van der Waals surface area contributed by atoms with Gasteiger partial charge in [-0.2, -0.15) is 0 Å². The minimum atomic E-state index is -4.49. The highest BCUT2D eigenvalue weighted by Gasteiger charge is 2.26. The Labute approximate surface area is 184 Å². The van der Waals surface area contributed by atoms with Crippen LogP contribution in [0.4, 0.5) is 14.5 Å². The average Bonchev–Trinajstić information content (AvgIpc) is 3.29. The van der Waals surface area contributed by atoms with E-state index in [4.69, 9.17) is 0 Å². The summed E-state index contributed by atoms with van der Waals surface area (Å²) in [6.45, 7) is 6.43. The Morgan fingerprint density at radius 2 is 1.81 bits per heavy atom. The van der Waals surface area contributed by atoms with Crippen molar-refractivity contribution in [3.8, 4) is 21.7 Å². The number of sulfonamides is 1. The predicted octanol–water partition coefficient (Wildman–Crippen LogP) is 6.77. The number of nitrogens with zero attached hydrogens (tertiary/aromatic N) is 1. The molecule has 0 spiro atoms. The third kappa shape index (κ3) is 4.98. The maximum Gasteiger partial charge on any atom is 0.267 e.